The Morgan fingerprint density at radius 1 is 1.50 bits per heavy atom. The Morgan fingerprint density at radius 2 is 2.29 bits per heavy atom. The molecule has 1 heterocycles. The second-order valence-electron chi connectivity index (χ2n) is 3.58. The molecule has 0 bridgehead atoms. The van der Waals surface area contributed by atoms with Crippen LogP contribution in [-0.2, 0) is 11.2 Å². The van der Waals surface area contributed by atoms with E-state index in [4.69, 9.17) is 4.74 Å². The van der Waals surface area contributed by atoms with Crippen molar-refractivity contribution in [2.45, 2.75) is 25.9 Å². The fraction of sp³-hybridized carbons (Fsp3) is 0.364. The van der Waals surface area contributed by atoms with Crippen LogP contribution in [0.2, 0.25) is 0 Å². The van der Waals surface area contributed by atoms with Gasteiger partial charge in [0.1, 0.15) is 17.6 Å². The van der Waals surface area contributed by atoms with Crippen LogP contribution in [0.3, 0.4) is 0 Å². The normalized spacial score (nSPS) is 21.0. The van der Waals surface area contributed by atoms with E-state index in [9.17, 15) is 4.79 Å². The number of Topliss-reactive ketones (excluding diaryl/α,β-unsaturated/α-hetero) is 1. The first-order chi connectivity index (χ1) is 6.66. The van der Waals surface area contributed by atoms with Gasteiger partial charge < -0.3 is 4.74 Å². The Bertz CT molecular complexity index is 374. The molecule has 0 saturated carbocycles. The SMILES string of the molecule is C[C@@H]1CC(=O)Cc2cccc(Br)c2O1. The van der Waals surface area contributed by atoms with Crippen molar-refractivity contribution in [2.24, 2.45) is 0 Å². The summed E-state index contributed by atoms with van der Waals surface area (Å²) in [6, 6.07) is 5.80. The number of carbonyl (C=O) groups is 1. The molecule has 0 spiro atoms. The lowest BCUT2D eigenvalue weighted by Gasteiger charge is -2.13. The fourth-order valence-corrected chi connectivity index (χ4v) is 2.17. The summed E-state index contributed by atoms with van der Waals surface area (Å²) in [5, 5.41) is 0. The molecule has 0 unspecified atom stereocenters. The Hall–Kier alpha value is -0.830. The van der Waals surface area contributed by atoms with Crippen LogP contribution < -0.4 is 4.74 Å². The van der Waals surface area contributed by atoms with Crippen LogP contribution >= 0.6 is 15.9 Å². The van der Waals surface area contributed by atoms with Gasteiger partial charge in [0, 0.05) is 18.4 Å². The Kier molecular flexibility index (Phi) is 2.59. The van der Waals surface area contributed by atoms with Crippen LogP contribution in [0.5, 0.6) is 5.75 Å². The van der Waals surface area contributed by atoms with Gasteiger partial charge in [0.05, 0.1) is 4.47 Å². The van der Waals surface area contributed by atoms with Gasteiger partial charge in [-0.25, -0.2) is 0 Å². The van der Waals surface area contributed by atoms with Crippen molar-refractivity contribution in [3.05, 3.63) is 28.2 Å². The van der Waals surface area contributed by atoms with Crippen molar-refractivity contribution in [1.29, 1.82) is 0 Å². The van der Waals surface area contributed by atoms with Gasteiger partial charge in [-0.3, -0.25) is 4.79 Å². The molecule has 0 aliphatic carbocycles. The predicted octanol–water partition coefficient (Wildman–Crippen LogP) is 2.73. The van der Waals surface area contributed by atoms with E-state index in [0.29, 0.717) is 12.8 Å². The average molecular weight is 255 g/mol. The van der Waals surface area contributed by atoms with E-state index in [2.05, 4.69) is 15.9 Å². The molecule has 1 aromatic rings. The maximum atomic E-state index is 11.5. The first-order valence-electron chi connectivity index (χ1n) is 4.62. The summed E-state index contributed by atoms with van der Waals surface area (Å²) >= 11 is 3.43. The van der Waals surface area contributed by atoms with Gasteiger partial charge in [-0.1, -0.05) is 12.1 Å². The molecular formula is C11H11BrO2. The van der Waals surface area contributed by atoms with Gasteiger partial charge in [-0.15, -0.1) is 0 Å². The molecule has 0 N–H and O–H groups in total. The van der Waals surface area contributed by atoms with Crippen molar-refractivity contribution in [3.8, 4) is 5.75 Å². The van der Waals surface area contributed by atoms with E-state index in [0.717, 1.165) is 15.8 Å². The zero-order chi connectivity index (χ0) is 10.1. The molecule has 1 aromatic carbocycles. The first kappa shape index (κ1) is 9.71. The zero-order valence-corrected chi connectivity index (χ0v) is 9.50. The van der Waals surface area contributed by atoms with Gasteiger partial charge in [-0.05, 0) is 28.9 Å². The van der Waals surface area contributed by atoms with Crippen molar-refractivity contribution in [2.75, 3.05) is 0 Å². The lowest BCUT2D eigenvalue weighted by atomic mass is 10.1. The molecule has 1 atom stereocenters. The second kappa shape index (κ2) is 3.73. The molecule has 14 heavy (non-hydrogen) atoms. The van der Waals surface area contributed by atoms with Crippen LogP contribution in [-0.4, -0.2) is 11.9 Å². The van der Waals surface area contributed by atoms with Gasteiger partial charge >= 0.3 is 0 Å². The molecule has 0 amide bonds. The van der Waals surface area contributed by atoms with Gasteiger partial charge in [-0.2, -0.15) is 0 Å². The van der Waals surface area contributed by atoms with Crippen LogP contribution in [0.1, 0.15) is 18.9 Å². The highest BCUT2D eigenvalue weighted by Gasteiger charge is 2.20. The number of hydrogen-bond acceptors (Lipinski definition) is 2. The zero-order valence-electron chi connectivity index (χ0n) is 7.92. The van der Waals surface area contributed by atoms with Crippen LogP contribution in [0.25, 0.3) is 0 Å². The summed E-state index contributed by atoms with van der Waals surface area (Å²) in [4.78, 5) is 11.5. The minimum atomic E-state index is -0.0255. The fourth-order valence-electron chi connectivity index (χ4n) is 1.67. The van der Waals surface area contributed by atoms with E-state index >= 15 is 0 Å². The maximum absolute atomic E-state index is 11.5. The third kappa shape index (κ3) is 1.82. The molecule has 3 heteroatoms. The molecule has 2 nitrogen and oxygen atoms in total. The molecule has 0 radical (unpaired) electrons. The Balaban J connectivity index is 2.46. The van der Waals surface area contributed by atoms with E-state index in [-0.39, 0.29) is 11.9 Å². The van der Waals surface area contributed by atoms with E-state index in [1.807, 2.05) is 25.1 Å². The molecule has 0 saturated heterocycles. The quantitative estimate of drug-likeness (QED) is 0.712. The summed E-state index contributed by atoms with van der Waals surface area (Å²) in [5.41, 5.74) is 0.980. The standard InChI is InChI=1S/C11H11BrO2/c1-7-5-9(13)6-8-3-2-4-10(12)11(8)14-7/h2-4,7H,5-6H2,1H3/t7-/m1/s1. The Morgan fingerprint density at radius 3 is 3.07 bits per heavy atom. The minimum Gasteiger partial charge on any atom is -0.489 e. The molecule has 74 valence electrons. The van der Waals surface area contributed by atoms with E-state index < -0.39 is 0 Å². The summed E-state index contributed by atoms with van der Waals surface area (Å²) in [6.07, 6.45) is 0.961. The molecular weight excluding hydrogens is 244 g/mol. The molecule has 0 aromatic heterocycles. The highest BCUT2D eigenvalue weighted by Crippen LogP contribution is 2.32. The molecule has 1 aliphatic heterocycles. The number of benzene rings is 1. The number of fused-ring (bicyclic) bond motifs is 1. The van der Waals surface area contributed by atoms with Crippen LogP contribution in [0.15, 0.2) is 22.7 Å². The maximum Gasteiger partial charge on any atom is 0.141 e. The van der Waals surface area contributed by atoms with Crippen LogP contribution in [0.4, 0.5) is 0 Å². The largest absolute Gasteiger partial charge is 0.489 e. The average Bonchev–Trinajstić information content (AvgIpc) is 2.23. The van der Waals surface area contributed by atoms with Gasteiger partial charge in [0.2, 0.25) is 0 Å². The molecule has 1 aliphatic rings. The first-order valence-corrected chi connectivity index (χ1v) is 5.42. The van der Waals surface area contributed by atoms with Crippen LogP contribution in [0, 0.1) is 0 Å². The monoisotopic (exact) mass is 254 g/mol. The summed E-state index contributed by atoms with van der Waals surface area (Å²) in [5.74, 6) is 1.07. The van der Waals surface area contributed by atoms with Gasteiger partial charge in [0.25, 0.3) is 0 Å². The number of hydrogen-bond donors (Lipinski definition) is 0. The lowest BCUT2D eigenvalue weighted by Crippen LogP contribution is -2.14. The summed E-state index contributed by atoms with van der Waals surface area (Å²) in [6.45, 7) is 1.92. The number of carbonyl (C=O) groups excluding carboxylic acids is 1. The van der Waals surface area contributed by atoms with Crippen molar-refractivity contribution in [1.82, 2.24) is 0 Å². The highest BCUT2D eigenvalue weighted by atomic mass is 79.9. The van der Waals surface area contributed by atoms with E-state index in [1.54, 1.807) is 0 Å². The number of rotatable bonds is 0. The highest BCUT2D eigenvalue weighted by molar-refractivity contribution is 9.10. The molecule has 2 rings (SSSR count). The number of ketones is 1. The summed E-state index contributed by atoms with van der Waals surface area (Å²) in [7, 11) is 0. The van der Waals surface area contributed by atoms with Crippen molar-refractivity contribution in [3.63, 3.8) is 0 Å². The third-order valence-electron chi connectivity index (χ3n) is 2.27. The van der Waals surface area contributed by atoms with Gasteiger partial charge in [0.15, 0.2) is 0 Å². The molecule has 0 fully saturated rings. The third-order valence-corrected chi connectivity index (χ3v) is 2.89. The number of ether oxygens (including phenoxy) is 1. The predicted molar refractivity (Wildman–Crippen MR) is 57.6 cm³/mol. The van der Waals surface area contributed by atoms with E-state index in [1.165, 1.54) is 0 Å². The lowest BCUT2D eigenvalue weighted by molar-refractivity contribution is -0.119. The summed E-state index contributed by atoms with van der Waals surface area (Å²) < 4.78 is 6.62. The number of para-hydroxylation sites is 1. The second-order valence-corrected chi connectivity index (χ2v) is 4.43. The Labute approximate surface area is 91.4 Å². The van der Waals surface area contributed by atoms with Crippen molar-refractivity contribution >= 4 is 21.7 Å². The minimum absolute atomic E-state index is 0.0255. The number of halogens is 1. The smallest absolute Gasteiger partial charge is 0.141 e. The van der Waals surface area contributed by atoms with Crippen molar-refractivity contribution < 1.29 is 9.53 Å². The topological polar surface area (TPSA) is 26.3 Å².